The maximum absolute atomic E-state index is 12.2. The van der Waals surface area contributed by atoms with E-state index in [-0.39, 0.29) is 11.5 Å². The topological polar surface area (TPSA) is 81.4 Å². The van der Waals surface area contributed by atoms with Crippen LogP contribution in [0.15, 0.2) is 29.2 Å². The molecule has 0 saturated heterocycles. The third-order valence-corrected chi connectivity index (χ3v) is 4.02. The van der Waals surface area contributed by atoms with Gasteiger partial charge in [-0.1, -0.05) is 0 Å². The average Bonchev–Trinajstić information content (AvgIpc) is 2.33. The summed E-state index contributed by atoms with van der Waals surface area (Å²) in [7, 11) is -4.00. The fourth-order valence-corrected chi connectivity index (χ4v) is 2.86. The van der Waals surface area contributed by atoms with Crippen LogP contribution in [0.4, 0.5) is 13.2 Å². The third kappa shape index (κ3) is 6.32. The first-order valence-corrected chi connectivity index (χ1v) is 7.64. The van der Waals surface area contributed by atoms with E-state index < -0.39 is 28.7 Å². The Balaban J connectivity index is 2.74. The van der Waals surface area contributed by atoms with E-state index in [0.717, 1.165) is 6.92 Å². The summed E-state index contributed by atoms with van der Waals surface area (Å²) in [6, 6.07) is 4.10. The molecule has 9 heteroatoms. The molecule has 5 nitrogen and oxygen atoms in total. The molecule has 0 heterocycles. The van der Waals surface area contributed by atoms with Crippen molar-refractivity contribution in [3.8, 4) is 5.75 Å². The molecule has 120 valence electrons. The summed E-state index contributed by atoms with van der Waals surface area (Å²) in [6.45, 7) is 1.76. The van der Waals surface area contributed by atoms with Gasteiger partial charge in [-0.15, -0.1) is 0 Å². The fraction of sp³-hybridized carbons (Fsp3) is 0.500. The SMILES string of the molecule is CC(CC(F)(F)F)NS(=O)(=O)c1ccc(OCCN)cc1. The van der Waals surface area contributed by atoms with Gasteiger partial charge in [0.25, 0.3) is 0 Å². The highest BCUT2D eigenvalue weighted by Gasteiger charge is 2.31. The molecule has 0 fully saturated rings. The van der Waals surface area contributed by atoms with Gasteiger partial charge in [-0.25, -0.2) is 13.1 Å². The van der Waals surface area contributed by atoms with Gasteiger partial charge in [0.15, 0.2) is 0 Å². The van der Waals surface area contributed by atoms with E-state index in [1.807, 2.05) is 4.72 Å². The minimum Gasteiger partial charge on any atom is -0.492 e. The normalized spacial score (nSPS) is 14.0. The molecule has 0 aliphatic rings. The summed E-state index contributed by atoms with van der Waals surface area (Å²) < 4.78 is 67.6. The van der Waals surface area contributed by atoms with Crippen LogP contribution in [0.1, 0.15) is 13.3 Å². The Labute approximate surface area is 121 Å². The van der Waals surface area contributed by atoms with Crippen molar-refractivity contribution >= 4 is 10.0 Å². The van der Waals surface area contributed by atoms with Crippen LogP contribution in [0, 0.1) is 0 Å². The van der Waals surface area contributed by atoms with Gasteiger partial charge in [0.2, 0.25) is 10.0 Å². The summed E-state index contributed by atoms with van der Waals surface area (Å²) in [5.41, 5.74) is 5.26. The number of halogens is 3. The molecule has 1 unspecified atom stereocenters. The molecule has 0 aromatic heterocycles. The van der Waals surface area contributed by atoms with Crippen LogP contribution < -0.4 is 15.2 Å². The van der Waals surface area contributed by atoms with Crippen LogP contribution in [0.3, 0.4) is 0 Å². The number of sulfonamides is 1. The Hall–Kier alpha value is -1.32. The van der Waals surface area contributed by atoms with Gasteiger partial charge in [-0.2, -0.15) is 13.2 Å². The maximum atomic E-state index is 12.2. The molecule has 3 N–H and O–H groups in total. The molecule has 1 aromatic carbocycles. The van der Waals surface area contributed by atoms with Crippen LogP contribution in [0.2, 0.25) is 0 Å². The number of ether oxygens (including phenoxy) is 1. The van der Waals surface area contributed by atoms with E-state index >= 15 is 0 Å². The number of nitrogens with two attached hydrogens (primary N) is 1. The number of alkyl halides is 3. The maximum Gasteiger partial charge on any atom is 0.390 e. The first-order valence-electron chi connectivity index (χ1n) is 6.16. The lowest BCUT2D eigenvalue weighted by molar-refractivity contribution is -0.137. The summed E-state index contributed by atoms with van der Waals surface area (Å²) in [4.78, 5) is -0.128. The van der Waals surface area contributed by atoms with Crippen LogP contribution in [0.5, 0.6) is 5.75 Å². The highest BCUT2D eigenvalue weighted by atomic mass is 32.2. The molecule has 0 bridgehead atoms. The molecule has 1 aromatic rings. The van der Waals surface area contributed by atoms with E-state index in [4.69, 9.17) is 10.5 Å². The second-order valence-corrected chi connectivity index (χ2v) is 6.16. The van der Waals surface area contributed by atoms with Crippen molar-refractivity contribution in [3.63, 3.8) is 0 Å². The summed E-state index contributed by atoms with van der Waals surface area (Å²) in [5.74, 6) is 0.433. The van der Waals surface area contributed by atoms with Crippen molar-refractivity contribution in [1.29, 1.82) is 0 Å². The van der Waals surface area contributed by atoms with Crippen molar-refractivity contribution in [2.75, 3.05) is 13.2 Å². The van der Waals surface area contributed by atoms with Crippen LogP contribution >= 0.6 is 0 Å². The Bertz CT molecular complexity index is 544. The average molecular weight is 326 g/mol. The lowest BCUT2D eigenvalue weighted by atomic mass is 10.2. The Morgan fingerprint density at radius 2 is 1.86 bits per heavy atom. The minimum atomic E-state index is -4.43. The smallest absolute Gasteiger partial charge is 0.390 e. The number of benzene rings is 1. The molecule has 0 radical (unpaired) electrons. The lowest BCUT2D eigenvalue weighted by Gasteiger charge is -2.16. The van der Waals surface area contributed by atoms with Gasteiger partial charge < -0.3 is 10.5 Å². The van der Waals surface area contributed by atoms with Gasteiger partial charge in [0.05, 0.1) is 11.3 Å². The molecule has 0 aliphatic heterocycles. The van der Waals surface area contributed by atoms with Gasteiger partial charge >= 0.3 is 6.18 Å². The zero-order chi connectivity index (χ0) is 16.1. The van der Waals surface area contributed by atoms with E-state index in [2.05, 4.69) is 0 Å². The summed E-state index contributed by atoms with van der Waals surface area (Å²) in [5, 5.41) is 0. The Morgan fingerprint density at radius 3 is 2.33 bits per heavy atom. The van der Waals surface area contributed by atoms with Crippen molar-refractivity contribution in [3.05, 3.63) is 24.3 Å². The second kappa shape index (κ2) is 7.10. The molecule has 0 amide bonds. The number of hydrogen-bond acceptors (Lipinski definition) is 4. The zero-order valence-corrected chi connectivity index (χ0v) is 12.2. The van der Waals surface area contributed by atoms with E-state index in [1.165, 1.54) is 24.3 Å². The lowest BCUT2D eigenvalue weighted by Crippen LogP contribution is -2.35. The minimum absolute atomic E-state index is 0.128. The van der Waals surface area contributed by atoms with Crippen molar-refractivity contribution in [2.45, 2.75) is 30.5 Å². The van der Waals surface area contributed by atoms with Crippen molar-refractivity contribution in [2.24, 2.45) is 5.73 Å². The summed E-state index contributed by atoms with van der Waals surface area (Å²) in [6.07, 6.45) is -5.66. The number of rotatable bonds is 7. The highest BCUT2D eigenvalue weighted by Crippen LogP contribution is 2.22. The fourth-order valence-electron chi connectivity index (χ4n) is 1.61. The van der Waals surface area contributed by atoms with Crippen LogP contribution in [-0.2, 0) is 10.0 Å². The Kier molecular flexibility index (Phi) is 5.99. The molecule has 0 spiro atoms. The first kappa shape index (κ1) is 17.7. The summed E-state index contributed by atoms with van der Waals surface area (Å²) >= 11 is 0. The Morgan fingerprint density at radius 1 is 1.29 bits per heavy atom. The number of hydrogen-bond donors (Lipinski definition) is 2. The van der Waals surface area contributed by atoms with E-state index in [1.54, 1.807) is 0 Å². The van der Waals surface area contributed by atoms with Crippen LogP contribution in [0.25, 0.3) is 0 Å². The van der Waals surface area contributed by atoms with E-state index in [9.17, 15) is 21.6 Å². The molecule has 21 heavy (non-hydrogen) atoms. The molecular weight excluding hydrogens is 309 g/mol. The standard InChI is InChI=1S/C12H17F3N2O3S/c1-9(8-12(13,14)15)17-21(18,19)11-4-2-10(3-5-11)20-7-6-16/h2-5,9,17H,6-8,16H2,1H3. The van der Waals surface area contributed by atoms with Crippen molar-refractivity contribution < 1.29 is 26.3 Å². The quantitative estimate of drug-likeness (QED) is 0.798. The highest BCUT2D eigenvalue weighted by molar-refractivity contribution is 7.89. The first-order chi connectivity index (χ1) is 9.64. The predicted molar refractivity (Wildman–Crippen MR) is 71.4 cm³/mol. The zero-order valence-electron chi connectivity index (χ0n) is 11.4. The largest absolute Gasteiger partial charge is 0.492 e. The van der Waals surface area contributed by atoms with E-state index in [0.29, 0.717) is 12.3 Å². The number of nitrogens with one attached hydrogen (secondary N) is 1. The van der Waals surface area contributed by atoms with Gasteiger partial charge in [-0.05, 0) is 31.2 Å². The molecule has 0 saturated carbocycles. The molecule has 0 aliphatic carbocycles. The predicted octanol–water partition coefficient (Wildman–Crippen LogP) is 1.64. The molecule has 1 rings (SSSR count). The van der Waals surface area contributed by atoms with Gasteiger partial charge in [-0.3, -0.25) is 0 Å². The van der Waals surface area contributed by atoms with Gasteiger partial charge in [0, 0.05) is 12.6 Å². The third-order valence-electron chi connectivity index (χ3n) is 2.41. The van der Waals surface area contributed by atoms with Gasteiger partial charge in [0.1, 0.15) is 12.4 Å². The monoisotopic (exact) mass is 326 g/mol. The van der Waals surface area contributed by atoms with Crippen molar-refractivity contribution in [1.82, 2.24) is 4.72 Å². The van der Waals surface area contributed by atoms with Crippen LogP contribution in [-0.4, -0.2) is 33.8 Å². The molecular formula is C12H17F3N2O3S. The second-order valence-electron chi connectivity index (χ2n) is 4.45. The molecule has 1 atom stereocenters.